The van der Waals surface area contributed by atoms with Gasteiger partial charge >= 0.3 is 0 Å². The minimum atomic E-state index is -0.317. The maximum absolute atomic E-state index is 13.6. The van der Waals surface area contributed by atoms with Crippen LogP contribution in [-0.2, 0) is 0 Å². The molecule has 0 saturated heterocycles. The highest BCUT2D eigenvalue weighted by Crippen LogP contribution is 2.35. The van der Waals surface area contributed by atoms with Gasteiger partial charge in [0.15, 0.2) is 17.3 Å². The molecule has 5 rings (SSSR count). The summed E-state index contributed by atoms with van der Waals surface area (Å²) in [4.78, 5) is 18.4. The van der Waals surface area contributed by atoms with E-state index >= 15 is 0 Å². The summed E-state index contributed by atoms with van der Waals surface area (Å²) < 4.78 is 20.8. The third-order valence-electron chi connectivity index (χ3n) is 5.68. The van der Waals surface area contributed by atoms with Crippen LogP contribution in [0, 0.1) is 5.41 Å². The number of hydrogen-bond acceptors (Lipinski definition) is 6. The fraction of sp³-hybridized carbons (Fsp3) is 0.207. The van der Waals surface area contributed by atoms with Gasteiger partial charge in [-0.05, 0) is 53.9 Å². The fourth-order valence-electron chi connectivity index (χ4n) is 3.91. The van der Waals surface area contributed by atoms with E-state index in [2.05, 4.69) is 57.7 Å². The molecule has 0 aliphatic rings. The normalized spacial score (nSPS) is 12.1. The van der Waals surface area contributed by atoms with Crippen molar-refractivity contribution >= 4 is 59.9 Å². The third-order valence-corrected chi connectivity index (χ3v) is 6.63. The number of methoxy groups -OCH3 is 1. The van der Waals surface area contributed by atoms with Crippen LogP contribution in [0.3, 0.4) is 0 Å². The number of para-hydroxylation sites is 1. The first kappa shape index (κ1) is 26.2. The zero-order chi connectivity index (χ0) is 27.0. The van der Waals surface area contributed by atoms with E-state index in [9.17, 15) is 4.79 Å². The Kier molecular flexibility index (Phi) is 7.15. The highest BCUT2D eigenvalue weighted by atomic mass is 79.9. The average molecular weight is 639 g/mol. The van der Waals surface area contributed by atoms with Gasteiger partial charge in [0.05, 0.1) is 30.8 Å². The van der Waals surface area contributed by atoms with E-state index in [1.807, 2.05) is 42.5 Å². The standard InChI is InChI=1S/C29H25Br2N3O4/c1-29(2,3)16-37-26-18(12-20(31)14-24(26)36-4)15-32-34-27(33-22-8-6-5-7-21(22)28(34)35)25-13-17-11-19(30)9-10-23(17)38-25/h5-15H,16H2,1-4H3. The Bertz CT molecular complexity index is 1750. The molecule has 38 heavy (non-hydrogen) atoms. The Morgan fingerprint density at radius 3 is 2.61 bits per heavy atom. The number of halogens is 2. The van der Waals surface area contributed by atoms with E-state index < -0.39 is 0 Å². The summed E-state index contributed by atoms with van der Waals surface area (Å²) in [6.07, 6.45) is 1.58. The smallest absolute Gasteiger partial charge is 0.282 e. The van der Waals surface area contributed by atoms with Gasteiger partial charge in [0.2, 0.25) is 5.82 Å². The molecule has 0 radical (unpaired) electrons. The molecule has 3 aromatic carbocycles. The fourth-order valence-corrected chi connectivity index (χ4v) is 4.75. The van der Waals surface area contributed by atoms with Crippen LogP contribution in [0.4, 0.5) is 0 Å². The second-order valence-corrected chi connectivity index (χ2v) is 11.8. The van der Waals surface area contributed by atoms with Crippen molar-refractivity contribution in [1.29, 1.82) is 0 Å². The summed E-state index contributed by atoms with van der Waals surface area (Å²) in [6.45, 7) is 6.72. The van der Waals surface area contributed by atoms with Crippen LogP contribution in [0.1, 0.15) is 26.3 Å². The van der Waals surface area contributed by atoms with Gasteiger partial charge in [-0.15, -0.1) is 0 Å². The predicted octanol–water partition coefficient (Wildman–Crippen LogP) is 7.65. The largest absolute Gasteiger partial charge is 0.493 e. The Morgan fingerprint density at radius 2 is 1.84 bits per heavy atom. The minimum absolute atomic E-state index is 0.0742. The lowest BCUT2D eigenvalue weighted by atomic mass is 9.98. The third kappa shape index (κ3) is 5.39. The van der Waals surface area contributed by atoms with Crippen LogP contribution >= 0.6 is 31.9 Å². The van der Waals surface area contributed by atoms with Gasteiger partial charge in [0.25, 0.3) is 5.56 Å². The van der Waals surface area contributed by atoms with Crippen molar-refractivity contribution in [2.24, 2.45) is 10.5 Å². The Labute approximate surface area is 236 Å². The molecule has 0 aliphatic carbocycles. The van der Waals surface area contributed by atoms with Crippen LogP contribution in [0.15, 0.2) is 83.9 Å². The molecular formula is C29H25Br2N3O4. The lowest BCUT2D eigenvalue weighted by molar-refractivity contribution is 0.191. The van der Waals surface area contributed by atoms with Gasteiger partial charge in [0.1, 0.15) is 5.58 Å². The first-order chi connectivity index (χ1) is 18.1. The van der Waals surface area contributed by atoms with Gasteiger partial charge < -0.3 is 13.9 Å². The van der Waals surface area contributed by atoms with E-state index in [1.54, 1.807) is 31.5 Å². The number of benzene rings is 3. The molecule has 0 amide bonds. The van der Waals surface area contributed by atoms with E-state index in [0.717, 1.165) is 14.3 Å². The van der Waals surface area contributed by atoms with E-state index in [0.29, 0.717) is 45.9 Å². The molecule has 0 atom stereocenters. The number of hydrogen-bond donors (Lipinski definition) is 0. The Balaban J connectivity index is 1.69. The zero-order valence-electron chi connectivity index (χ0n) is 21.3. The number of ether oxygens (including phenoxy) is 2. The average Bonchev–Trinajstić information content (AvgIpc) is 3.29. The van der Waals surface area contributed by atoms with Crippen molar-refractivity contribution in [3.8, 4) is 23.1 Å². The first-order valence-corrected chi connectivity index (χ1v) is 13.5. The summed E-state index contributed by atoms with van der Waals surface area (Å²) >= 11 is 7.03. The Hall–Kier alpha value is -3.43. The molecule has 0 fully saturated rings. The maximum atomic E-state index is 13.6. The minimum Gasteiger partial charge on any atom is -0.493 e. The van der Waals surface area contributed by atoms with Crippen LogP contribution in [0.25, 0.3) is 33.5 Å². The summed E-state index contributed by atoms with van der Waals surface area (Å²) in [5.41, 5.74) is 1.48. The molecule has 0 saturated carbocycles. The highest BCUT2D eigenvalue weighted by Gasteiger charge is 2.19. The Morgan fingerprint density at radius 1 is 1.05 bits per heavy atom. The highest BCUT2D eigenvalue weighted by molar-refractivity contribution is 9.10. The topological polar surface area (TPSA) is 78.9 Å². The molecule has 7 nitrogen and oxygen atoms in total. The number of furan rings is 1. The lowest BCUT2D eigenvalue weighted by Crippen LogP contribution is -2.20. The lowest BCUT2D eigenvalue weighted by Gasteiger charge is -2.21. The predicted molar refractivity (Wildman–Crippen MR) is 158 cm³/mol. The monoisotopic (exact) mass is 637 g/mol. The van der Waals surface area contributed by atoms with E-state index in [1.165, 1.54) is 4.68 Å². The quantitative estimate of drug-likeness (QED) is 0.179. The van der Waals surface area contributed by atoms with Crippen LogP contribution in [0.5, 0.6) is 11.5 Å². The number of nitrogens with zero attached hydrogens (tertiary/aromatic N) is 3. The second-order valence-electron chi connectivity index (χ2n) is 9.98. The van der Waals surface area contributed by atoms with Crippen molar-refractivity contribution < 1.29 is 13.9 Å². The van der Waals surface area contributed by atoms with Crippen molar-refractivity contribution in [2.45, 2.75) is 20.8 Å². The van der Waals surface area contributed by atoms with Crippen LogP contribution in [-0.4, -0.2) is 29.6 Å². The van der Waals surface area contributed by atoms with E-state index in [4.69, 9.17) is 18.9 Å². The summed E-state index contributed by atoms with van der Waals surface area (Å²) in [6, 6.07) is 18.4. The SMILES string of the molecule is COc1cc(Br)cc(C=Nn2c(-c3cc4cc(Br)ccc4o3)nc3ccccc3c2=O)c1OCC(C)(C)C. The van der Waals surface area contributed by atoms with Gasteiger partial charge in [0, 0.05) is 19.9 Å². The van der Waals surface area contributed by atoms with Gasteiger partial charge in [-0.3, -0.25) is 4.79 Å². The summed E-state index contributed by atoms with van der Waals surface area (Å²) in [5, 5.41) is 5.93. The molecule has 5 aromatic rings. The molecule has 0 bridgehead atoms. The molecule has 0 spiro atoms. The second kappa shape index (κ2) is 10.4. The van der Waals surface area contributed by atoms with Crippen molar-refractivity contribution in [3.63, 3.8) is 0 Å². The van der Waals surface area contributed by atoms with Crippen molar-refractivity contribution in [2.75, 3.05) is 13.7 Å². The maximum Gasteiger partial charge on any atom is 0.282 e. The van der Waals surface area contributed by atoms with Crippen LogP contribution in [0.2, 0.25) is 0 Å². The van der Waals surface area contributed by atoms with Crippen molar-refractivity contribution in [1.82, 2.24) is 9.66 Å². The molecule has 0 unspecified atom stereocenters. The molecule has 0 N–H and O–H groups in total. The zero-order valence-corrected chi connectivity index (χ0v) is 24.5. The number of aromatic nitrogens is 2. The molecular weight excluding hydrogens is 614 g/mol. The molecule has 194 valence electrons. The number of rotatable bonds is 6. The molecule has 9 heteroatoms. The molecule has 2 heterocycles. The van der Waals surface area contributed by atoms with E-state index in [-0.39, 0.29) is 16.8 Å². The summed E-state index contributed by atoms with van der Waals surface area (Å²) in [5.74, 6) is 1.80. The molecule has 0 aliphatic heterocycles. The van der Waals surface area contributed by atoms with Gasteiger partial charge in [-0.1, -0.05) is 64.8 Å². The van der Waals surface area contributed by atoms with Crippen LogP contribution < -0.4 is 15.0 Å². The van der Waals surface area contributed by atoms with Gasteiger partial charge in [-0.25, -0.2) is 4.98 Å². The number of fused-ring (bicyclic) bond motifs is 2. The van der Waals surface area contributed by atoms with Crippen molar-refractivity contribution in [3.05, 3.63) is 85.5 Å². The summed E-state index contributed by atoms with van der Waals surface area (Å²) in [7, 11) is 1.59. The van der Waals surface area contributed by atoms with Gasteiger partial charge in [-0.2, -0.15) is 9.78 Å². The molecule has 2 aromatic heterocycles. The first-order valence-electron chi connectivity index (χ1n) is 11.9.